The number of aromatic nitrogens is 2. The van der Waals surface area contributed by atoms with Crippen molar-refractivity contribution in [1.82, 2.24) is 9.38 Å². The molecule has 2 nitrogen and oxygen atoms in total. The maximum absolute atomic E-state index is 4.06. The molecule has 0 saturated carbocycles. The predicted octanol–water partition coefficient (Wildman–Crippen LogP) is -0.0880. The Morgan fingerprint density at radius 2 is 2.00 bits per heavy atom. The van der Waals surface area contributed by atoms with E-state index in [9.17, 15) is 0 Å². The normalized spacial score (nSPS) is 9.64. The Balaban J connectivity index is 0.000000845. The summed E-state index contributed by atoms with van der Waals surface area (Å²) in [6.07, 6.45) is 5.83. The van der Waals surface area contributed by atoms with Crippen LogP contribution in [0.5, 0.6) is 0 Å². The molecule has 0 spiro atoms. The standard InChI is InChI=1S/C10H12N2.CH3.Rb/c1-8(2)9-3-4-10-5-11-7-12(10)6-9;;/h3-8H,1-2H3;1H3;/q;-1;+1. The maximum Gasteiger partial charge on any atom is 1.00 e. The third-order valence-corrected chi connectivity index (χ3v) is 2.10. The van der Waals surface area contributed by atoms with E-state index < -0.39 is 0 Å². The second kappa shape index (κ2) is 6.16. The van der Waals surface area contributed by atoms with Crippen LogP contribution in [-0.4, -0.2) is 9.38 Å². The van der Waals surface area contributed by atoms with Gasteiger partial charge in [0.2, 0.25) is 0 Å². The molecule has 2 aromatic heterocycles. The van der Waals surface area contributed by atoms with Crippen molar-refractivity contribution < 1.29 is 58.2 Å². The average Bonchev–Trinajstić information content (AvgIpc) is 2.49. The van der Waals surface area contributed by atoms with Crippen molar-refractivity contribution in [1.29, 1.82) is 0 Å². The molecule has 0 aliphatic carbocycles. The molecule has 0 fully saturated rings. The number of fused-ring (bicyclic) bond motifs is 1. The Hall–Kier alpha value is 0.495. The Bertz CT molecular complexity index is 393. The van der Waals surface area contributed by atoms with Gasteiger partial charge in [0.25, 0.3) is 0 Å². The van der Waals surface area contributed by atoms with E-state index in [1.54, 1.807) is 0 Å². The van der Waals surface area contributed by atoms with Gasteiger partial charge in [-0.1, -0.05) is 19.9 Å². The van der Waals surface area contributed by atoms with Crippen molar-refractivity contribution in [3.8, 4) is 0 Å². The van der Waals surface area contributed by atoms with Gasteiger partial charge in [-0.25, -0.2) is 4.98 Å². The molecule has 0 N–H and O–H groups in total. The average molecular weight is 261 g/mol. The van der Waals surface area contributed by atoms with Gasteiger partial charge in [-0.3, -0.25) is 0 Å². The van der Waals surface area contributed by atoms with Crippen LogP contribution in [0.25, 0.3) is 5.52 Å². The quantitative estimate of drug-likeness (QED) is 0.656. The minimum atomic E-state index is 0. The molecule has 0 aliphatic rings. The van der Waals surface area contributed by atoms with Crippen LogP contribution in [-0.2, 0) is 0 Å². The molecule has 0 saturated heterocycles. The summed E-state index contributed by atoms with van der Waals surface area (Å²) in [4.78, 5) is 4.06. The van der Waals surface area contributed by atoms with E-state index in [4.69, 9.17) is 0 Å². The number of hydrogen-bond acceptors (Lipinski definition) is 1. The minimum absolute atomic E-state index is 0. The zero-order chi connectivity index (χ0) is 8.55. The summed E-state index contributed by atoms with van der Waals surface area (Å²) < 4.78 is 2.05. The van der Waals surface area contributed by atoms with Crippen LogP contribution in [0.1, 0.15) is 25.3 Å². The zero-order valence-corrected chi connectivity index (χ0v) is 14.3. The molecule has 2 rings (SSSR count). The molecule has 0 aliphatic heterocycles. The van der Waals surface area contributed by atoms with E-state index >= 15 is 0 Å². The summed E-state index contributed by atoms with van der Waals surface area (Å²) in [6.45, 7) is 4.39. The molecule has 70 valence electrons. The van der Waals surface area contributed by atoms with E-state index in [0.717, 1.165) is 5.52 Å². The topological polar surface area (TPSA) is 17.3 Å². The molecule has 0 unspecified atom stereocenters. The van der Waals surface area contributed by atoms with Crippen LogP contribution < -0.4 is 58.2 Å². The first-order valence-electron chi connectivity index (χ1n) is 4.19. The first-order chi connectivity index (χ1) is 5.77. The van der Waals surface area contributed by atoms with Crippen LogP contribution in [0.3, 0.4) is 0 Å². The molecule has 0 amide bonds. The SMILES string of the molecule is CC(C)c1ccc2cncn2c1.[CH3-].[Rb+]. The first kappa shape index (κ1) is 14.5. The van der Waals surface area contributed by atoms with Crippen LogP contribution in [0.2, 0.25) is 0 Å². The van der Waals surface area contributed by atoms with Crippen LogP contribution in [0, 0.1) is 7.43 Å². The molecule has 2 aromatic rings. The second-order valence-corrected chi connectivity index (χ2v) is 3.34. The molecule has 0 bridgehead atoms. The third-order valence-electron chi connectivity index (χ3n) is 2.10. The van der Waals surface area contributed by atoms with Crippen molar-refractivity contribution in [2.45, 2.75) is 19.8 Å². The van der Waals surface area contributed by atoms with E-state index in [1.165, 1.54) is 5.56 Å². The number of nitrogens with zero attached hydrogens (tertiary/aromatic N) is 2. The Kier molecular flexibility index (Phi) is 6.38. The van der Waals surface area contributed by atoms with Crippen LogP contribution >= 0.6 is 0 Å². The van der Waals surface area contributed by atoms with Crippen molar-refractivity contribution in [2.75, 3.05) is 0 Å². The van der Waals surface area contributed by atoms with Crippen molar-refractivity contribution in [2.24, 2.45) is 0 Å². The first-order valence-corrected chi connectivity index (χ1v) is 4.19. The molecule has 14 heavy (non-hydrogen) atoms. The predicted molar refractivity (Wildman–Crippen MR) is 55.7 cm³/mol. The van der Waals surface area contributed by atoms with Gasteiger partial charge in [0.1, 0.15) is 0 Å². The van der Waals surface area contributed by atoms with Crippen molar-refractivity contribution in [3.63, 3.8) is 0 Å². The summed E-state index contributed by atoms with van der Waals surface area (Å²) >= 11 is 0. The van der Waals surface area contributed by atoms with Gasteiger partial charge >= 0.3 is 58.2 Å². The Morgan fingerprint density at radius 1 is 1.29 bits per heavy atom. The van der Waals surface area contributed by atoms with Crippen LogP contribution in [0.15, 0.2) is 30.9 Å². The van der Waals surface area contributed by atoms with Gasteiger partial charge in [0.15, 0.2) is 0 Å². The molecular weight excluding hydrogens is 246 g/mol. The smallest absolute Gasteiger partial charge is 0.358 e. The summed E-state index contributed by atoms with van der Waals surface area (Å²) in [5.74, 6) is 0.580. The monoisotopic (exact) mass is 260 g/mol. The van der Waals surface area contributed by atoms with Gasteiger partial charge in [-0.05, 0) is 17.5 Å². The molecule has 2 heterocycles. The van der Waals surface area contributed by atoms with Gasteiger partial charge in [0.05, 0.1) is 18.0 Å². The Labute approximate surface area is 135 Å². The van der Waals surface area contributed by atoms with Crippen molar-refractivity contribution in [3.05, 3.63) is 43.8 Å². The maximum atomic E-state index is 4.06. The summed E-state index contributed by atoms with van der Waals surface area (Å²) in [6, 6.07) is 4.25. The fourth-order valence-corrected chi connectivity index (χ4v) is 1.28. The summed E-state index contributed by atoms with van der Waals surface area (Å²) in [5.41, 5.74) is 2.50. The fraction of sp³-hybridized carbons (Fsp3) is 0.273. The largest absolute Gasteiger partial charge is 1.00 e. The van der Waals surface area contributed by atoms with Gasteiger partial charge in [-0.15, -0.1) is 0 Å². The van der Waals surface area contributed by atoms with Gasteiger partial charge in [-0.2, -0.15) is 0 Å². The van der Waals surface area contributed by atoms with Gasteiger partial charge < -0.3 is 11.8 Å². The molecule has 3 heteroatoms. The van der Waals surface area contributed by atoms with Crippen LogP contribution in [0.4, 0.5) is 0 Å². The zero-order valence-electron chi connectivity index (χ0n) is 9.36. The Morgan fingerprint density at radius 3 is 2.64 bits per heavy atom. The van der Waals surface area contributed by atoms with E-state index in [0.29, 0.717) is 5.92 Å². The molecule has 0 aromatic carbocycles. The minimum Gasteiger partial charge on any atom is -0.358 e. The number of hydrogen-bond donors (Lipinski definition) is 0. The molecule has 0 atom stereocenters. The fourth-order valence-electron chi connectivity index (χ4n) is 1.28. The third kappa shape index (κ3) is 2.99. The summed E-state index contributed by atoms with van der Waals surface area (Å²) in [5, 5.41) is 0. The molecule has 0 radical (unpaired) electrons. The van der Waals surface area contributed by atoms with E-state index in [1.807, 2.05) is 12.5 Å². The number of pyridine rings is 1. The van der Waals surface area contributed by atoms with E-state index in [2.05, 4.69) is 41.6 Å². The van der Waals surface area contributed by atoms with Gasteiger partial charge in [0, 0.05) is 6.20 Å². The number of rotatable bonds is 1. The molecular formula is C11H15N2Rb. The number of imidazole rings is 1. The second-order valence-electron chi connectivity index (χ2n) is 3.34. The van der Waals surface area contributed by atoms with Crippen molar-refractivity contribution >= 4 is 5.52 Å². The van der Waals surface area contributed by atoms with E-state index in [-0.39, 0.29) is 65.6 Å². The summed E-state index contributed by atoms with van der Waals surface area (Å²) in [7, 11) is 0.